The van der Waals surface area contributed by atoms with Gasteiger partial charge in [-0.25, -0.2) is 4.79 Å². The SMILES string of the molecule is Cc1c2c([nH]c(=O)c1CCC(=O)c1ccc(Oc3ccccc3)cc1)CCC2.Cc1c2c([nH]c(=O)c1CN)CCC2.O=C(O)c1ccc(Oc2ccccc2)cc1.[2H]CF. The molecule has 0 radical (unpaired) electrons. The number of alkyl halides is 1. The van der Waals surface area contributed by atoms with Gasteiger partial charge < -0.3 is 30.3 Å². The summed E-state index contributed by atoms with van der Waals surface area (Å²) >= 11 is 0. The number of carbonyl (C=O) groups is 2. The molecule has 2 aliphatic carbocycles. The lowest BCUT2D eigenvalue weighted by Crippen LogP contribution is -2.20. The predicted molar refractivity (Wildman–Crippen MR) is 228 cm³/mol. The van der Waals surface area contributed by atoms with Crippen molar-refractivity contribution >= 4 is 11.8 Å². The van der Waals surface area contributed by atoms with Gasteiger partial charge in [-0.15, -0.1) is 0 Å². The molecule has 5 N–H and O–H groups in total. The molecule has 2 aliphatic rings. The van der Waals surface area contributed by atoms with E-state index in [1.54, 1.807) is 36.4 Å². The van der Waals surface area contributed by atoms with Crippen LogP contribution in [0.3, 0.4) is 0 Å². The first-order valence-corrected chi connectivity index (χ1v) is 19.5. The number of rotatable bonds is 10. The van der Waals surface area contributed by atoms with Crippen LogP contribution in [0.1, 0.15) is 86.1 Å². The van der Waals surface area contributed by atoms with Crippen LogP contribution in [0.15, 0.2) is 119 Å². The Hall–Kier alpha value is -6.59. The van der Waals surface area contributed by atoms with E-state index in [2.05, 4.69) is 9.97 Å². The third-order valence-electron chi connectivity index (χ3n) is 10.4. The van der Waals surface area contributed by atoms with Crippen LogP contribution in [-0.4, -0.2) is 34.0 Å². The summed E-state index contributed by atoms with van der Waals surface area (Å²) in [7, 11) is -1.00. The first kappa shape index (κ1) is 42.0. The van der Waals surface area contributed by atoms with E-state index in [4.69, 9.17) is 21.7 Å². The second kappa shape index (κ2) is 21.2. The number of aromatic nitrogens is 2. The Morgan fingerprint density at radius 2 is 1.07 bits per heavy atom. The molecule has 0 fully saturated rings. The molecule has 0 atom stereocenters. The number of ketones is 1. The number of pyridine rings is 2. The first-order chi connectivity index (χ1) is 29.0. The summed E-state index contributed by atoms with van der Waals surface area (Å²) in [5.74, 6) is 1.89. The molecule has 0 bridgehead atoms. The molecule has 0 amide bonds. The summed E-state index contributed by atoms with van der Waals surface area (Å²) in [4.78, 5) is 53.0. The molecule has 0 saturated carbocycles. The summed E-state index contributed by atoms with van der Waals surface area (Å²) < 4.78 is 26.8. The number of nitrogens with two attached hydrogens (primary N) is 1. The number of benzene rings is 4. The van der Waals surface area contributed by atoms with E-state index in [0.717, 1.165) is 83.7 Å². The van der Waals surface area contributed by atoms with Gasteiger partial charge in [0.1, 0.15) is 23.0 Å². The van der Waals surface area contributed by atoms with Crippen molar-refractivity contribution in [1.82, 2.24) is 9.97 Å². The fourth-order valence-electron chi connectivity index (χ4n) is 7.27. The van der Waals surface area contributed by atoms with Gasteiger partial charge in [-0.1, -0.05) is 36.4 Å². The second-order valence-electron chi connectivity index (χ2n) is 14.0. The van der Waals surface area contributed by atoms with Crippen molar-refractivity contribution < 1.29 is 29.9 Å². The number of para-hydroxylation sites is 2. The molecular weight excluding hydrogens is 750 g/mol. The van der Waals surface area contributed by atoms with Gasteiger partial charge in [-0.2, -0.15) is 0 Å². The van der Waals surface area contributed by atoms with E-state index in [-0.39, 0.29) is 22.5 Å². The molecular formula is C48H50FN3O7. The van der Waals surface area contributed by atoms with Gasteiger partial charge in [-0.05, 0) is 154 Å². The standard InChI is InChI=1S/C24H23NO3.C13H10O3.C10H14N2O.CH3F/c1-16-20-8-5-9-22(20)25-24(27)21(16)14-15-23(26)17-10-12-19(13-11-17)28-18-6-3-2-4-7-18;14-13(15)10-6-8-12(9-7-10)16-11-4-2-1-3-5-11;1-6-7-3-2-4-9(7)12-10(13)8(6)5-11;1-2/h2-4,6-7,10-13H,5,8-9,14-15H2,1H3,(H,25,27);1-9H,(H,14,15);2-5,11H2,1H3,(H,12,13);1H3/i;;;1D. The van der Waals surface area contributed by atoms with Gasteiger partial charge in [0.15, 0.2) is 5.78 Å². The summed E-state index contributed by atoms with van der Waals surface area (Å²) in [5.41, 5.74) is 14.8. The predicted octanol–water partition coefficient (Wildman–Crippen LogP) is 9.17. The molecule has 0 spiro atoms. The highest BCUT2D eigenvalue weighted by molar-refractivity contribution is 5.96. The van der Waals surface area contributed by atoms with E-state index in [0.29, 0.717) is 36.4 Å². The molecule has 2 heterocycles. The second-order valence-corrected chi connectivity index (χ2v) is 14.0. The Labute approximate surface area is 344 Å². The van der Waals surface area contributed by atoms with Crippen LogP contribution in [0.5, 0.6) is 23.0 Å². The third-order valence-corrected chi connectivity index (χ3v) is 10.4. The van der Waals surface area contributed by atoms with E-state index in [1.165, 1.54) is 23.3 Å². The minimum Gasteiger partial charge on any atom is -0.478 e. The van der Waals surface area contributed by atoms with Crippen LogP contribution in [0.25, 0.3) is 0 Å². The van der Waals surface area contributed by atoms with Gasteiger partial charge in [-0.3, -0.25) is 18.8 Å². The number of hydrogen-bond donors (Lipinski definition) is 4. The minimum atomic E-state index is -1.00. The highest BCUT2D eigenvalue weighted by Crippen LogP contribution is 2.26. The number of halogens is 1. The molecule has 0 aliphatic heterocycles. The molecule has 306 valence electrons. The summed E-state index contributed by atoms with van der Waals surface area (Å²) in [5, 5.41) is 8.72. The quantitative estimate of drug-likeness (QED) is 0.0997. The lowest BCUT2D eigenvalue weighted by Gasteiger charge is -2.10. The van der Waals surface area contributed by atoms with Crippen molar-refractivity contribution in [2.24, 2.45) is 5.73 Å². The maximum Gasteiger partial charge on any atom is 0.335 e. The Balaban J connectivity index is 0.000000180. The van der Waals surface area contributed by atoms with Gasteiger partial charge in [0.2, 0.25) is 0 Å². The van der Waals surface area contributed by atoms with Crippen molar-refractivity contribution in [2.45, 2.75) is 71.8 Å². The van der Waals surface area contributed by atoms with E-state index in [9.17, 15) is 23.6 Å². The Kier molecular flexibility index (Phi) is 15.1. The highest BCUT2D eigenvalue weighted by Gasteiger charge is 2.20. The largest absolute Gasteiger partial charge is 0.478 e. The van der Waals surface area contributed by atoms with E-state index in [1.807, 2.05) is 74.5 Å². The number of carbonyl (C=O) groups excluding carboxylic acids is 1. The minimum absolute atomic E-state index is 0.000602. The van der Waals surface area contributed by atoms with Crippen LogP contribution in [0, 0.1) is 13.8 Å². The van der Waals surface area contributed by atoms with Crippen LogP contribution in [0.2, 0.25) is 0 Å². The number of aromatic carboxylic acids is 1. The molecule has 10 nitrogen and oxygen atoms in total. The highest BCUT2D eigenvalue weighted by atomic mass is 19.1. The zero-order valence-corrected chi connectivity index (χ0v) is 33.3. The number of carboxylic acids is 1. The molecule has 6 aromatic rings. The summed E-state index contributed by atoms with van der Waals surface area (Å²) in [6, 6.07) is 32.3. The Bertz CT molecular complexity index is 2470. The van der Waals surface area contributed by atoms with Crippen molar-refractivity contribution in [3.63, 3.8) is 0 Å². The van der Waals surface area contributed by atoms with Gasteiger partial charge >= 0.3 is 5.97 Å². The van der Waals surface area contributed by atoms with E-state index >= 15 is 0 Å². The van der Waals surface area contributed by atoms with Crippen LogP contribution < -0.4 is 26.3 Å². The Morgan fingerprint density at radius 1 is 0.661 bits per heavy atom. The monoisotopic (exact) mass is 800 g/mol. The number of hydrogen-bond acceptors (Lipinski definition) is 7. The number of aromatic amines is 2. The van der Waals surface area contributed by atoms with Crippen molar-refractivity contribution in [3.05, 3.63) is 186 Å². The number of Topliss-reactive ketones (excluding diaryl/α,β-unsaturated/α-hetero) is 1. The average molecular weight is 801 g/mol. The molecule has 11 heteroatoms. The van der Waals surface area contributed by atoms with Crippen molar-refractivity contribution in [1.29, 1.82) is 0 Å². The van der Waals surface area contributed by atoms with Gasteiger partial charge in [0.05, 0.1) is 14.1 Å². The topological polar surface area (TPSA) is 165 Å². The van der Waals surface area contributed by atoms with Crippen LogP contribution in [-0.2, 0) is 38.6 Å². The molecule has 59 heavy (non-hydrogen) atoms. The molecule has 0 saturated heterocycles. The normalized spacial score (nSPS) is 12.2. The maximum atomic E-state index is 12.6. The lowest BCUT2D eigenvalue weighted by atomic mass is 9.97. The van der Waals surface area contributed by atoms with Crippen LogP contribution >= 0.6 is 0 Å². The first-order valence-electron chi connectivity index (χ1n) is 20.2. The van der Waals surface area contributed by atoms with Crippen molar-refractivity contribution in [3.8, 4) is 23.0 Å². The fourth-order valence-corrected chi connectivity index (χ4v) is 7.27. The Morgan fingerprint density at radius 3 is 1.51 bits per heavy atom. The number of fused-ring (bicyclic) bond motifs is 2. The van der Waals surface area contributed by atoms with E-state index < -0.39 is 13.1 Å². The maximum absolute atomic E-state index is 12.6. The number of carboxylic acid groups (broad SMARTS) is 1. The molecule has 2 aromatic heterocycles. The number of nitrogens with one attached hydrogen (secondary N) is 2. The lowest BCUT2D eigenvalue weighted by molar-refractivity contribution is 0.0696. The number of ether oxygens (including phenoxy) is 2. The summed E-state index contributed by atoms with van der Waals surface area (Å²) in [6.45, 7) is 4.35. The summed E-state index contributed by atoms with van der Waals surface area (Å²) in [6.07, 6.45) is 7.09. The zero-order chi connectivity index (χ0) is 43.0. The number of H-pyrrole nitrogens is 2. The number of aryl methyl sites for hydroxylation is 2. The zero-order valence-electron chi connectivity index (χ0n) is 34.3. The van der Waals surface area contributed by atoms with Gasteiger partial charge in [0, 0.05) is 41.0 Å². The van der Waals surface area contributed by atoms with Gasteiger partial charge in [0.25, 0.3) is 11.1 Å². The fraction of sp³-hybridized carbons (Fsp3) is 0.250. The average Bonchev–Trinajstić information content (AvgIpc) is 3.93. The smallest absolute Gasteiger partial charge is 0.335 e. The molecule has 4 aromatic carbocycles. The van der Waals surface area contributed by atoms with Crippen LogP contribution in [0.4, 0.5) is 4.39 Å². The molecule has 0 unspecified atom stereocenters. The van der Waals surface area contributed by atoms with Crippen molar-refractivity contribution in [2.75, 3.05) is 7.15 Å². The third kappa shape index (κ3) is 11.5. The molecule has 8 rings (SSSR count).